The van der Waals surface area contributed by atoms with Crippen LogP contribution in [0.5, 0.6) is 0 Å². The molecule has 1 saturated heterocycles. The van der Waals surface area contributed by atoms with Crippen molar-refractivity contribution in [3.63, 3.8) is 0 Å². The highest BCUT2D eigenvalue weighted by Crippen LogP contribution is 2.28. The molecule has 0 aliphatic carbocycles. The van der Waals surface area contributed by atoms with Crippen LogP contribution in [0.1, 0.15) is 62.9 Å². The van der Waals surface area contributed by atoms with Crippen molar-refractivity contribution in [1.82, 2.24) is 10.3 Å². The van der Waals surface area contributed by atoms with Crippen molar-refractivity contribution in [1.29, 1.82) is 0 Å². The highest BCUT2D eigenvalue weighted by molar-refractivity contribution is 7.15. The largest absolute Gasteiger partial charge is 0.348 e. The van der Waals surface area contributed by atoms with Crippen LogP contribution in [-0.4, -0.2) is 24.6 Å². The van der Waals surface area contributed by atoms with Crippen molar-refractivity contribution < 1.29 is 0 Å². The zero-order valence-electron chi connectivity index (χ0n) is 13.1. The van der Waals surface area contributed by atoms with Gasteiger partial charge in [-0.2, -0.15) is 0 Å². The lowest BCUT2D eigenvalue weighted by Gasteiger charge is -2.18. The van der Waals surface area contributed by atoms with Gasteiger partial charge in [0.05, 0.1) is 5.69 Å². The summed E-state index contributed by atoms with van der Waals surface area (Å²) in [6.07, 6.45) is 8.99. The summed E-state index contributed by atoms with van der Waals surface area (Å²) >= 11 is 1.91. The monoisotopic (exact) mass is 295 g/mol. The summed E-state index contributed by atoms with van der Waals surface area (Å²) in [5, 5.41) is 4.82. The molecule has 114 valence electrons. The van der Waals surface area contributed by atoms with E-state index in [1.165, 1.54) is 67.3 Å². The van der Waals surface area contributed by atoms with E-state index in [4.69, 9.17) is 4.98 Å². The van der Waals surface area contributed by atoms with Crippen LogP contribution < -0.4 is 10.2 Å². The third-order valence-corrected chi connectivity index (χ3v) is 5.13. The van der Waals surface area contributed by atoms with Crippen molar-refractivity contribution in [2.45, 2.75) is 65.3 Å². The van der Waals surface area contributed by atoms with Crippen LogP contribution in [0, 0.1) is 0 Å². The lowest BCUT2D eigenvalue weighted by molar-refractivity contribution is 0.642. The van der Waals surface area contributed by atoms with Gasteiger partial charge in [0.2, 0.25) is 0 Å². The molecule has 1 N–H and O–H groups in total. The molecule has 4 heteroatoms. The first-order valence-corrected chi connectivity index (χ1v) is 9.11. The highest BCUT2D eigenvalue weighted by atomic mass is 32.1. The van der Waals surface area contributed by atoms with Crippen LogP contribution in [0.25, 0.3) is 0 Å². The zero-order valence-corrected chi connectivity index (χ0v) is 13.9. The van der Waals surface area contributed by atoms with Crippen LogP contribution in [0.2, 0.25) is 0 Å². The fourth-order valence-electron chi connectivity index (χ4n) is 2.68. The van der Waals surface area contributed by atoms with Gasteiger partial charge in [-0.3, -0.25) is 0 Å². The maximum atomic E-state index is 4.90. The Morgan fingerprint density at radius 1 is 1.15 bits per heavy atom. The summed E-state index contributed by atoms with van der Waals surface area (Å²) in [6.45, 7) is 8.96. The summed E-state index contributed by atoms with van der Waals surface area (Å²) in [6, 6.07) is 0. The van der Waals surface area contributed by atoms with Gasteiger partial charge in [-0.25, -0.2) is 4.98 Å². The van der Waals surface area contributed by atoms with Gasteiger partial charge < -0.3 is 10.2 Å². The van der Waals surface area contributed by atoms with Crippen LogP contribution >= 0.6 is 11.3 Å². The number of anilines is 1. The topological polar surface area (TPSA) is 28.2 Å². The first kappa shape index (κ1) is 15.8. The number of nitrogens with zero attached hydrogens (tertiary/aromatic N) is 2. The molecule has 0 radical (unpaired) electrons. The molecule has 0 amide bonds. The smallest absolute Gasteiger partial charge is 0.185 e. The summed E-state index contributed by atoms with van der Waals surface area (Å²) in [5.74, 6) is 0. The minimum atomic E-state index is 0.995. The molecule has 1 aliphatic heterocycles. The summed E-state index contributed by atoms with van der Waals surface area (Å²) in [4.78, 5) is 8.85. The Hall–Kier alpha value is -0.610. The van der Waals surface area contributed by atoms with Crippen molar-refractivity contribution in [2.24, 2.45) is 0 Å². The normalized spacial score (nSPS) is 16.4. The maximum Gasteiger partial charge on any atom is 0.185 e. The van der Waals surface area contributed by atoms with Gasteiger partial charge in [-0.05, 0) is 32.2 Å². The number of aromatic nitrogens is 1. The molecule has 0 bridgehead atoms. The molecule has 0 aromatic carbocycles. The summed E-state index contributed by atoms with van der Waals surface area (Å²) in [5.41, 5.74) is 1.30. The van der Waals surface area contributed by atoms with E-state index >= 15 is 0 Å². The van der Waals surface area contributed by atoms with E-state index in [1.807, 2.05) is 11.3 Å². The van der Waals surface area contributed by atoms with Gasteiger partial charge in [0.1, 0.15) is 0 Å². The standard InChI is InChI=1S/C16H29N3S/c1-3-5-10-17-13-15-14(4-2)18-16(20-15)19-11-8-6-7-9-12-19/h17H,3-13H2,1-2H3. The molecule has 0 spiro atoms. The number of thiazole rings is 1. The van der Waals surface area contributed by atoms with Crippen LogP contribution in [0.15, 0.2) is 0 Å². The van der Waals surface area contributed by atoms with Gasteiger partial charge >= 0.3 is 0 Å². The fraction of sp³-hybridized carbons (Fsp3) is 0.812. The second-order valence-electron chi connectivity index (χ2n) is 5.65. The second-order valence-corrected chi connectivity index (χ2v) is 6.71. The van der Waals surface area contributed by atoms with Gasteiger partial charge in [0.15, 0.2) is 5.13 Å². The number of hydrogen-bond donors (Lipinski definition) is 1. The Morgan fingerprint density at radius 3 is 2.55 bits per heavy atom. The molecule has 1 aromatic heterocycles. The lowest BCUT2D eigenvalue weighted by atomic mass is 10.2. The summed E-state index contributed by atoms with van der Waals surface area (Å²) < 4.78 is 0. The molecule has 1 aromatic rings. The Labute approximate surface area is 127 Å². The number of unbranched alkanes of at least 4 members (excludes halogenated alkanes) is 1. The minimum Gasteiger partial charge on any atom is -0.348 e. The van der Waals surface area contributed by atoms with Crippen molar-refractivity contribution in [2.75, 3.05) is 24.5 Å². The van der Waals surface area contributed by atoms with E-state index < -0.39 is 0 Å². The van der Waals surface area contributed by atoms with E-state index in [9.17, 15) is 0 Å². The SMILES string of the molecule is CCCCNCc1sc(N2CCCCCC2)nc1CC. The first-order chi connectivity index (χ1) is 9.85. The Morgan fingerprint density at radius 2 is 1.90 bits per heavy atom. The average Bonchev–Trinajstić information content (AvgIpc) is 2.69. The Balaban J connectivity index is 1.97. The van der Waals surface area contributed by atoms with Crippen molar-refractivity contribution in [3.8, 4) is 0 Å². The Bertz CT molecular complexity index is 381. The molecule has 0 unspecified atom stereocenters. The lowest BCUT2D eigenvalue weighted by Crippen LogP contribution is -2.23. The van der Waals surface area contributed by atoms with Gasteiger partial charge in [0, 0.05) is 24.5 Å². The van der Waals surface area contributed by atoms with Crippen LogP contribution in [0.3, 0.4) is 0 Å². The molecular formula is C16H29N3S. The Kier molecular flexibility index (Phi) is 6.80. The third-order valence-electron chi connectivity index (χ3n) is 3.97. The quantitative estimate of drug-likeness (QED) is 0.771. The number of rotatable bonds is 7. The van der Waals surface area contributed by atoms with Gasteiger partial charge in [-0.15, -0.1) is 11.3 Å². The fourth-order valence-corrected chi connectivity index (χ4v) is 3.85. The van der Waals surface area contributed by atoms with Crippen LogP contribution in [0.4, 0.5) is 5.13 Å². The highest BCUT2D eigenvalue weighted by Gasteiger charge is 2.16. The van der Waals surface area contributed by atoms with E-state index in [0.717, 1.165) is 19.5 Å². The van der Waals surface area contributed by atoms with Gasteiger partial charge in [-0.1, -0.05) is 33.1 Å². The molecular weight excluding hydrogens is 266 g/mol. The van der Waals surface area contributed by atoms with Crippen LogP contribution in [-0.2, 0) is 13.0 Å². The van der Waals surface area contributed by atoms with Gasteiger partial charge in [0.25, 0.3) is 0 Å². The molecule has 20 heavy (non-hydrogen) atoms. The molecule has 0 saturated carbocycles. The van der Waals surface area contributed by atoms with E-state index in [1.54, 1.807) is 0 Å². The molecule has 1 aliphatic rings. The molecule has 3 nitrogen and oxygen atoms in total. The molecule has 2 heterocycles. The molecule has 1 fully saturated rings. The predicted molar refractivity (Wildman–Crippen MR) is 88.8 cm³/mol. The minimum absolute atomic E-state index is 0.995. The second kappa shape index (κ2) is 8.63. The third kappa shape index (κ3) is 4.45. The number of nitrogens with one attached hydrogen (secondary N) is 1. The number of aryl methyl sites for hydroxylation is 1. The first-order valence-electron chi connectivity index (χ1n) is 8.29. The predicted octanol–water partition coefficient (Wildman–Crippen LogP) is 3.98. The van der Waals surface area contributed by atoms with E-state index in [0.29, 0.717) is 0 Å². The molecule has 2 rings (SSSR count). The maximum absolute atomic E-state index is 4.90. The van der Waals surface area contributed by atoms with Crippen molar-refractivity contribution >= 4 is 16.5 Å². The van der Waals surface area contributed by atoms with E-state index in [-0.39, 0.29) is 0 Å². The molecule has 0 atom stereocenters. The zero-order chi connectivity index (χ0) is 14.2. The summed E-state index contributed by atoms with van der Waals surface area (Å²) in [7, 11) is 0. The van der Waals surface area contributed by atoms with E-state index in [2.05, 4.69) is 24.1 Å². The average molecular weight is 295 g/mol. The van der Waals surface area contributed by atoms with Crippen molar-refractivity contribution in [3.05, 3.63) is 10.6 Å². The number of hydrogen-bond acceptors (Lipinski definition) is 4.